The van der Waals surface area contributed by atoms with Crippen LogP contribution in [0.15, 0.2) is 29.2 Å². The van der Waals surface area contributed by atoms with Crippen LogP contribution in [0.1, 0.15) is 45.2 Å². The van der Waals surface area contributed by atoms with Gasteiger partial charge >= 0.3 is 0 Å². The molecule has 0 amide bonds. The number of rotatable bonds is 11. The van der Waals surface area contributed by atoms with E-state index in [0.29, 0.717) is 18.4 Å². The SMILES string of the molecule is CCCCOCC(O)CSc1cccc(C(C)NCC)c1. The Labute approximate surface area is 133 Å². The average molecular weight is 311 g/mol. The van der Waals surface area contributed by atoms with E-state index in [1.807, 2.05) is 0 Å². The van der Waals surface area contributed by atoms with Gasteiger partial charge in [-0.15, -0.1) is 11.8 Å². The van der Waals surface area contributed by atoms with E-state index in [-0.39, 0.29) is 0 Å². The molecular weight excluding hydrogens is 282 g/mol. The Hall–Kier alpha value is -0.550. The summed E-state index contributed by atoms with van der Waals surface area (Å²) in [5.41, 5.74) is 1.29. The molecule has 120 valence electrons. The first-order chi connectivity index (χ1) is 10.2. The van der Waals surface area contributed by atoms with E-state index in [0.717, 1.165) is 26.0 Å². The number of hydrogen-bond donors (Lipinski definition) is 2. The highest BCUT2D eigenvalue weighted by Gasteiger charge is 2.08. The molecule has 1 rings (SSSR count). The molecule has 4 heteroatoms. The fourth-order valence-electron chi connectivity index (χ4n) is 2.00. The maximum absolute atomic E-state index is 9.91. The molecule has 0 bridgehead atoms. The Balaban J connectivity index is 2.35. The predicted molar refractivity (Wildman–Crippen MR) is 91.0 cm³/mol. The van der Waals surface area contributed by atoms with Gasteiger partial charge in [-0.1, -0.05) is 32.4 Å². The molecule has 1 aromatic rings. The summed E-state index contributed by atoms with van der Waals surface area (Å²) in [5.74, 6) is 0.672. The first-order valence-corrected chi connectivity index (χ1v) is 8.87. The van der Waals surface area contributed by atoms with Crippen LogP contribution in [0, 0.1) is 0 Å². The molecule has 0 radical (unpaired) electrons. The smallest absolute Gasteiger partial charge is 0.0867 e. The van der Waals surface area contributed by atoms with E-state index in [4.69, 9.17) is 4.74 Å². The largest absolute Gasteiger partial charge is 0.390 e. The molecule has 0 saturated heterocycles. The lowest BCUT2D eigenvalue weighted by Gasteiger charge is -2.14. The summed E-state index contributed by atoms with van der Waals surface area (Å²) in [6.07, 6.45) is 1.79. The second-order valence-electron chi connectivity index (χ2n) is 5.25. The molecule has 2 unspecified atom stereocenters. The second kappa shape index (κ2) is 11.1. The van der Waals surface area contributed by atoms with E-state index < -0.39 is 6.10 Å². The zero-order valence-corrected chi connectivity index (χ0v) is 14.3. The summed E-state index contributed by atoms with van der Waals surface area (Å²) in [6, 6.07) is 8.87. The van der Waals surface area contributed by atoms with E-state index in [1.165, 1.54) is 10.5 Å². The van der Waals surface area contributed by atoms with Gasteiger partial charge in [0.25, 0.3) is 0 Å². The molecule has 3 nitrogen and oxygen atoms in total. The minimum Gasteiger partial charge on any atom is -0.390 e. The molecule has 0 aromatic heterocycles. The van der Waals surface area contributed by atoms with E-state index >= 15 is 0 Å². The highest BCUT2D eigenvalue weighted by Crippen LogP contribution is 2.23. The summed E-state index contributed by atoms with van der Waals surface area (Å²) >= 11 is 1.68. The zero-order chi connectivity index (χ0) is 15.5. The van der Waals surface area contributed by atoms with Crippen LogP contribution < -0.4 is 5.32 Å². The number of thioether (sulfide) groups is 1. The highest BCUT2D eigenvalue weighted by atomic mass is 32.2. The maximum atomic E-state index is 9.91. The Morgan fingerprint density at radius 1 is 1.33 bits per heavy atom. The van der Waals surface area contributed by atoms with Gasteiger partial charge in [0.05, 0.1) is 12.7 Å². The van der Waals surface area contributed by atoms with Crippen molar-refractivity contribution in [3.8, 4) is 0 Å². The van der Waals surface area contributed by atoms with Gasteiger partial charge in [-0.2, -0.15) is 0 Å². The van der Waals surface area contributed by atoms with Gasteiger partial charge in [-0.05, 0) is 37.6 Å². The molecule has 0 heterocycles. The van der Waals surface area contributed by atoms with Crippen LogP contribution in [0.2, 0.25) is 0 Å². The normalized spacial score (nSPS) is 14.1. The van der Waals surface area contributed by atoms with Crippen molar-refractivity contribution < 1.29 is 9.84 Å². The van der Waals surface area contributed by atoms with Crippen LogP contribution in [-0.4, -0.2) is 36.7 Å². The Kier molecular flexibility index (Phi) is 9.76. The van der Waals surface area contributed by atoms with Crippen LogP contribution in [0.3, 0.4) is 0 Å². The van der Waals surface area contributed by atoms with Crippen LogP contribution in [0.4, 0.5) is 0 Å². The number of ether oxygens (including phenoxy) is 1. The number of benzene rings is 1. The zero-order valence-electron chi connectivity index (χ0n) is 13.5. The van der Waals surface area contributed by atoms with Gasteiger partial charge in [0.15, 0.2) is 0 Å². The first kappa shape index (κ1) is 18.5. The molecule has 2 N–H and O–H groups in total. The lowest BCUT2D eigenvalue weighted by atomic mass is 10.1. The summed E-state index contributed by atoms with van der Waals surface area (Å²) < 4.78 is 5.44. The molecule has 21 heavy (non-hydrogen) atoms. The molecule has 2 atom stereocenters. The minimum absolute atomic E-state index is 0.359. The fraction of sp³-hybridized carbons (Fsp3) is 0.647. The van der Waals surface area contributed by atoms with Crippen LogP contribution >= 0.6 is 11.8 Å². The molecule has 0 fully saturated rings. The third-order valence-electron chi connectivity index (χ3n) is 3.26. The van der Waals surface area contributed by atoms with Gasteiger partial charge < -0.3 is 15.2 Å². The second-order valence-corrected chi connectivity index (χ2v) is 6.34. The van der Waals surface area contributed by atoms with E-state index in [9.17, 15) is 5.11 Å². The third-order valence-corrected chi connectivity index (χ3v) is 4.40. The summed E-state index contributed by atoms with van der Waals surface area (Å²) in [4.78, 5) is 1.20. The van der Waals surface area contributed by atoms with Crippen molar-refractivity contribution >= 4 is 11.8 Å². The van der Waals surface area contributed by atoms with Crippen molar-refractivity contribution in [2.45, 2.75) is 50.7 Å². The summed E-state index contributed by atoms with van der Waals surface area (Å²) in [7, 11) is 0. The third kappa shape index (κ3) is 7.86. The number of aliphatic hydroxyl groups excluding tert-OH is 1. The van der Waals surface area contributed by atoms with Gasteiger partial charge in [0, 0.05) is 23.3 Å². The van der Waals surface area contributed by atoms with Crippen molar-refractivity contribution in [3.05, 3.63) is 29.8 Å². The molecule has 0 aliphatic rings. The van der Waals surface area contributed by atoms with Crippen LogP contribution in [0.25, 0.3) is 0 Å². The Bertz CT molecular complexity index is 387. The molecule has 1 aromatic carbocycles. The number of aliphatic hydroxyl groups is 1. The van der Waals surface area contributed by atoms with Crippen molar-refractivity contribution in [2.75, 3.05) is 25.5 Å². The lowest BCUT2D eigenvalue weighted by molar-refractivity contribution is 0.0473. The minimum atomic E-state index is -0.401. The van der Waals surface area contributed by atoms with Crippen molar-refractivity contribution in [1.82, 2.24) is 5.32 Å². The molecule has 0 aliphatic carbocycles. The van der Waals surface area contributed by atoms with Crippen molar-refractivity contribution in [2.24, 2.45) is 0 Å². The highest BCUT2D eigenvalue weighted by molar-refractivity contribution is 7.99. The first-order valence-electron chi connectivity index (χ1n) is 7.89. The molecule has 0 saturated carbocycles. The number of hydrogen-bond acceptors (Lipinski definition) is 4. The van der Waals surface area contributed by atoms with Gasteiger partial charge in [0.1, 0.15) is 0 Å². The number of nitrogens with one attached hydrogen (secondary N) is 1. The topological polar surface area (TPSA) is 41.5 Å². The standard InChI is InChI=1S/C17H29NO2S/c1-4-6-10-20-12-16(19)13-21-17-9-7-8-15(11-17)14(3)18-5-2/h7-9,11,14,16,18-19H,4-6,10,12-13H2,1-3H3. The van der Waals surface area contributed by atoms with E-state index in [2.05, 4.69) is 50.4 Å². The average Bonchev–Trinajstić information content (AvgIpc) is 2.50. The van der Waals surface area contributed by atoms with Crippen molar-refractivity contribution in [3.63, 3.8) is 0 Å². The molecule has 0 spiro atoms. The lowest BCUT2D eigenvalue weighted by Crippen LogP contribution is -2.18. The molecule has 0 aliphatic heterocycles. The quantitative estimate of drug-likeness (QED) is 0.484. The Morgan fingerprint density at radius 3 is 2.86 bits per heavy atom. The van der Waals surface area contributed by atoms with E-state index in [1.54, 1.807) is 11.8 Å². The van der Waals surface area contributed by atoms with Gasteiger partial charge in [0.2, 0.25) is 0 Å². The summed E-state index contributed by atoms with van der Waals surface area (Å²) in [6.45, 7) is 8.56. The number of unbranched alkanes of at least 4 members (excludes halogenated alkanes) is 1. The van der Waals surface area contributed by atoms with Crippen molar-refractivity contribution in [1.29, 1.82) is 0 Å². The van der Waals surface area contributed by atoms with Crippen LogP contribution in [0.5, 0.6) is 0 Å². The monoisotopic (exact) mass is 311 g/mol. The maximum Gasteiger partial charge on any atom is 0.0867 e. The van der Waals surface area contributed by atoms with Gasteiger partial charge in [-0.25, -0.2) is 0 Å². The Morgan fingerprint density at radius 2 is 2.14 bits per heavy atom. The molecular formula is C17H29NO2S. The fourth-order valence-corrected chi connectivity index (χ4v) is 2.88. The van der Waals surface area contributed by atoms with Gasteiger partial charge in [-0.3, -0.25) is 0 Å². The summed E-state index contributed by atoms with van der Waals surface area (Å²) in [5, 5.41) is 13.3. The predicted octanol–water partition coefficient (Wildman–Crippen LogP) is 3.63. The van der Waals surface area contributed by atoms with Crippen LogP contribution in [-0.2, 0) is 4.74 Å².